The first-order valence-electron chi connectivity index (χ1n) is 6.28. The first-order chi connectivity index (χ1) is 9.78. The molecule has 0 spiro atoms. The van der Waals surface area contributed by atoms with Crippen LogP contribution in [0.1, 0.15) is 29.3 Å². The van der Waals surface area contributed by atoms with Crippen LogP contribution in [0.4, 0.5) is 0 Å². The molecule has 114 valence electrons. The molecule has 1 N–H and O–H groups in total. The summed E-state index contributed by atoms with van der Waals surface area (Å²) in [5.41, 5.74) is 0.114. The fourth-order valence-electron chi connectivity index (χ4n) is 1.63. The Hall–Kier alpha value is -1.74. The average Bonchev–Trinajstić information content (AvgIpc) is 2.97. The summed E-state index contributed by atoms with van der Waals surface area (Å²) in [5.74, 6) is -0.309. The van der Waals surface area contributed by atoms with Gasteiger partial charge in [0.2, 0.25) is 0 Å². The van der Waals surface area contributed by atoms with Gasteiger partial charge in [-0.1, -0.05) is 13.8 Å². The molecule has 0 saturated heterocycles. The molecule has 0 unspecified atom stereocenters. The standard InChI is InChI=1S/C12H16N4O3S2/c1-8(2)4-11-14-10(7-20-11)12(17)15-21(18,19)9-5-13-16(3)6-9/h5-8H,4H2,1-3H3,(H,15,17). The third kappa shape index (κ3) is 3.88. The maximum atomic E-state index is 12.0. The largest absolute Gasteiger partial charge is 0.284 e. The predicted molar refractivity (Wildman–Crippen MR) is 78.5 cm³/mol. The Labute approximate surface area is 127 Å². The van der Waals surface area contributed by atoms with Gasteiger partial charge in [0, 0.05) is 25.0 Å². The average molecular weight is 328 g/mol. The van der Waals surface area contributed by atoms with Crippen LogP contribution < -0.4 is 4.72 Å². The van der Waals surface area contributed by atoms with Crippen molar-refractivity contribution in [1.82, 2.24) is 19.5 Å². The van der Waals surface area contributed by atoms with Crippen LogP contribution in [0.5, 0.6) is 0 Å². The molecule has 0 atom stereocenters. The van der Waals surface area contributed by atoms with Crippen molar-refractivity contribution in [2.45, 2.75) is 25.2 Å². The Bertz CT molecular complexity index is 746. The van der Waals surface area contributed by atoms with Crippen molar-refractivity contribution in [2.24, 2.45) is 13.0 Å². The number of rotatable bonds is 5. The lowest BCUT2D eigenvalue weighted by Crippen LogP contribution is -2.30. The number of sulfonamides is 1. The number of amides is 1. The highest BCUT2D eigenvalue weighted by Gasteiger charge is 2.21. The number of carbonyl (C=O) groups is 1. The summed E-state index contributed by atoms with van der Waals surface area (Å²) < 4.78 is 27.4. The van der Waals surface area contributed by atoms with Gasteiger partial charge in [-0.15, -0.1) is 11.3 Å². The van der Waals surface area contributed by atoms with Crippen LogP contribution in [0.25, 0.3) is 0 Å². The molecular formula is C12H16N4O3S2. The first-order valence-corrected chi connectivity index (χ1v) is 8.64. The summed E-state index contributed by atoms with van der Waals surface area (Å²) in [7, 11) is -2.32. The van der Waals surface area contributed by atoms with Gasteiger partial charge >= 0.3 is 0 Å². The number of nitrogens with one attached hydrogen (secondary N) is 1. The first kappa shape index (κ1) is 15.6. The van der Waals surface area contributed by atoms with E-state index in [2.05, 4.69) is 10.1 Å². The lowest BCUT2D eigenvalue weighted by Gasteiger charge is -2.02. The number of hydrogen-bond donors (Lipinski definition) is 1. The van der Waals surface area contributed by atoms with E-state index in [9.17, 15) is 13.2 Å². The van der Waals surface area contributed by atoms with Crippen molar-refractivity contribution >= 4 is 27.3 Å². The molecule has 2 aromatic rings. The monoisotopic (exact) mass is 328 g/mol. The van der Waals surface area contributed by atoms with Gasteiger partial charge in [0.25, 0.3) is 15.9 Å². The van der Waals surface area contributed by atoms with Crippen molar-refractivity contribution in [3.8, 4) is 0 Å². The van der Waals surface area contributed by atoms with E-state index in [0.29, 0.717) is 5.92 Å². The summed E-state index contributed by atoms with van der Waals surface area (Å²) in [6.45, 7) is 4.10. The fraction of sp³-hybridized carbons (Fsp3) is 0.417. The van der Waals surface area contributed by atoms with Gasteiger partial charge in [0.1, 0.15) is 10.6 Å². The minimum Gasteiger partial charge on any atom is -0.274 e. The smallest absolute Gasteiger partial charge is 0.274 e. The number of hydrogen-bond acceptors (Lipinski definition) is 6. The molecule has 1 amide bonds. The quantitative estimate of drug-likeness (QED) is 0.890. The third-order valence-electron chi connectivity index (χ3n) is 2.59. The Kier molecular flexibility index (Phi) is 4.43. The van der Waals surface area contributed by atoms with E-state index in [-0.39, 0.29) is 10.6 Å². The Morgan fingerprint density at radius 1 is 1.48 bits per heavy atom. The molecule has 2 aromatic heterocycles. The molecule has 2 heterocycles. The maximum absolute atomic E-state index is 12.0. The van der Waals surface area contributed by atoms with Crippen LogP contribution in [-0.4, -0.2) is 29.1 Å². The van der Waals surface area contributed by atoms with Gasteiger partial charge in [-0.05, 0) is 5.92 Å². The van der Waals surface area contributed by atoms with E-state index >= 15 is 0 Å². The van der Waals surface area contributed by atoms with Gasteiger partial charge in [-0.3, -0.25) is 9.48 Å². The molecule has 0 saturated carbocycles. The number of nitrogens with zero attached hydrogens (tertiary/aromatic N) is 3. The summed E-state index contributed by atoms with van der Waals surface area (Å²) in [6, 6.07) is 0. The third-order valence-corrected chi connectivity index (χ3v) is 4.74. The highest BCUT2D eigenvalue weighted by Crippen LogP contribution is 2.15. The van der Waals surface area contributed by atoms with E-state index in [1.165, 1.54) is 28.4 Å². The second-order valence-electron chi connectivity index (χ2n) is 5.01. The Morgan fingerprint density at radius 2 is 2.19 bits per heavy atom. The molecule has 0 bridgehead atoms. The molecule has 2 rings (SSSR count). The van der Waals surface area contributed by atoms with Crippen LogP contribution in [0.2, 0.25) is 0 Å². The summed E-state index contributed by atoms with van der Waals surface area (Å²) in [4.78, 5) is 16.1. The van der Waals surface area contributed by atoms with Crippen LogP contribution in [0.15, 0.2) is 22.7 Å². The number of aromatic nitrogens is 3. The van der Waals surface area contributed by atoms with Crippen molar-refractivity contribution in [2.75, 3.05) is 0 Å². The molecular weight excluding hydrogens is 312 g/mol. The second-order valence-corrected chi connectivity index (χ2v) is 7.63. The summed E-state index contributed by atoms with van der Waals surface area (Å²) in [6.07, 6.45) is 3.26. The van der Waals surface area contributed by atoms with Crippen LogP contribution in [-0.2, 0) is 23.5 Å². The van der Waals surface area contributed by atoms with Crippen molar-refractivity contribution < 1.29 is 13.2 Å². The zero-order valence-corrected chi connectivity index (χ0v) is 13.5. The van der Waals surface area contributed by atoms with Gasteiger partial charge < -0.3 is 0 Å². The normalized spacial score (nSPS) is 11.8. The predicted octanol–water partition coefficient (Wildman–Crippen LogP) is 1.19. The van der Waals surface area contributed by atoms with Crippen molar-refractivity contribution in [1.29, 1.82) is 0 Å². The SMILES string of the molecule is CC(C)Cc1nc(C(=O)NS(=O)(=O)c2cnn(C)c2)cs1. The van der Waals surface area contributed by atoms with E-state index < -0.39 is 15.9 Å². The molecule has 0 fully saturated rings. The summed E-state index contributed by atoms with van der Waals surface area (Å²) in [5, 5.41) is 6.15. The number of carbonyl (C=O) groups excluding carboxylic acids is 1. The Balaban J connectivity index is 2.12. The molecule has 0 aliphatic rings. The van der Waals surface area contributed by atoms with Gasteiger partial charge in [0.15, 0.2) is 0 Å². The lowest BCUT2D eigenvalue weighted by atomic mass is 10.1. The van der Waals surface area contributed by atoms with Crippen LogP contribution >= 0.6 is 11.3 Å². The van der Waals surface area contributed by atoms with Crippen LogP contribution in [0, 0.1) is 5.92 Å². The topological polar surface area (TPSA) is 93.9 Å². The minimum atomic E-state index is -3.92. The highest BCUT2D eigenvalue weighted by molar-refractivity contribution is 7.90. The molecule has 7 nitrogen and oxygen atoms in total. The lowest BCUT2D eigenvalue weighted by molar-refractivity contribution is 0.0977. The highest BCUT2D eigenvalue weighted by atomic mass is 32.2. The minimum absolute atomic E-state index is 0.0593. The van der Waals surface area contributed by atoms with Crippen LogP contribution in [0.3, 0.4) is 0 Å². The molecule has 0 aliphatic heterocycles. The van der Waals surface area contributed by atoms with Crippen molar-refractivity contribution in [3.63, 3.8) is 0 Å². The molecule has 9 heteroatoms. The molecule has 0 radical (unpaired) electrons. The molecule has 0 aliphatic carbocycles. The maximum Gasteiger partial charge on any atom is 0.284 e. The molecule has 0 aromatic carbocycles. The van der Waals surface area contributed by atoms with Crippen molar-refractivity contribution in [3.05, 3.63) is 28.5 Å². The van der Waals surface area contributed by atoms with E-state index in [1.807, 2.05) is 18.6 Å². The van der Waals surface area contributed by atoms with Gasteiger partial charge in [-0.2, -0.15) is 5.10 Å². The fourth-order valence-corrected chi connectivity index (χ4v) is 3.56. The molecule has 21 heavy (non-hydrogen) atoms. The van der Waals surface area contributed by atoms with E-state index in [4.69, 9.17) is 0 Å². The second kappa shape index (κ2) is 5.94. The zero-order valence-electron chi connectivity index (χ0n) is 11.9. The number of thiazole rings is 1. The zero-order chi connectivity index (χ0) is 15.6. The summed E-state index contributed by atoms with van der Waals surface area (Å²) >= 11 is 1.35. The number of aryl methyl sites for hydroxylation is 1. The van der Waals surface area contributed by atoms with E-state index in [1.54, 1.807) is 12.4 Å². The van der Waals surface area contributed by atoms with E-state index in [0.717, 1.165) is 11.4 Å². The van der Waals surface area contributed by atoms with Gasteiger partial charge in [0.05, 0.1) is 11.2 Å². The Morgan fingerprint density at radius 3 is 2.76 bits per heavy atom. The van der Waals surface area contributed by atoms with Gasteiger partial charge in [-0.25, -0.2) is 18.1 Å².